The number of nitrogens with one attached hydrogen (secondary N) is 2. The number of carbonyl (C=O) groups excluding carboxylic acids is 1. The van der Waals surface area contributed by atoms with Gasteiger partial charge in [-0.15, -0.1) is 0 Å². The van der Waals surface area contributed by atoms with E-state index in [1.807, 2.05) is 47.8 Å². The van der Waals surface area contributed by atoms with Gasteiger partial charge in [-0.2, -0.15) is 5.10 Å². The van der Waals surface area contributed by atoms with Crippen molar-refractivity contribution in [1.82, 2.24) is 25.3 Å². The van der Waals surface area contributed by atoms with Gasteiger partial charge < -0.3 is 15.5 Å². The summed E-state index contributed by atoms with van der Waals surface area (Å²) < 4.78 is 1.84. The zero-order chi connectivity index (χ0) is 19.2. The molecule has 1 amide bonds. The van der Waals surface area contributed by atoms with Gasteiger partial charge in [0.05, 0.1) is 5.69 Å². The molecule has 2 N–H and O–H groups in total. The molecule has 0 radical (unpaired) electrons. The first-order chi connectivity index (χ1) is 13.1. The Morgan fingerprint density at radius 2 is 2.11 bits per heavy atom. The Hall–Kier alpha value is -2.83. The normalized spacial score (nSPS) is 17.4. The molecule has 0 saturated carbocycles. The zero-order valence-corrected chi connectivity index (χ0v) is 16.2. The van der Waals surface area contributed by atoms with E-state index in [4.69, 9.17) is 0 Å². The highest BCUT2D eigenvalue weighted by atomic mass is 16.2. The van der Waals surface area contributed by atoms with E-state index in [1.165, 1.54) is 0 Å². The Morgan fingerprint density at radius 1 is 1.33 bits per heavy atom. The number of benzene rings is 1. The lowest BCUT2D eigenvalue weighted by Gasteiger charge is -2.20. The number of hydrogen-bond donors (Lipinski definition) is 2. The lowest BCUT2D eigenvalue weighted by molar-refractivity contribution is -0.133. The van der Waals surface area contributed by atoms with Crippen LogP contribution in [0.2, 0.25) is 0 Å². The number of likely N-dealkylation sites (tertiary alicyclic amines) is 1. The number of nitrogens with zero attached hydrogens (tertiary/aromatic N) is 4. The van der Waals surface area contributed by atoms with Crippen molar-refractivity contribution in [1.29, 1.82) is 0 Å². The second kappa shape index (κ2) is 8.70. The number of guanidine groups is 1. The zero-order valence-electron chi connectivity index (χ0n) is 16.2. The lowest BCUT2D eigenvalue weighted by atomic mass is 10.2. The molecule has 2 heterocycles. The van der Waals surface area contributed by atoms with Crippen LogP contribution in [0.4, 0.5) is 0 Å². The minimum Gasteiger partial charge on any atom is -0.352 e. The summed E-state index contributed by atoms with van der Waals surface area (Å²) in [6.07, 6.45) is 4.63. The number of aliphatic imine (C=N–C) groups is 1. The Morgan fingerprint density at radius 3 is 2.74 bits per heavy atom. The summed E-state index contributed by atoms with van der Waals surface area (Å²) in [6.45, 7) is 6.11. The van der Waals surface area contributed by atoms with E-state index < -0.39 is 0 Å². The Balaban J connectivity index is 1.49. The molecular weight excluding hydrogens is 340 g/mol. The van der Waals surface area contributed by atoms with Crippen molar-refractivity contribution in [3.05, 3.63) is 48.3 Å². The summed E-state index contributed by atoms with van der Waals surface area (Å²) in [5, 5.41) is 11.0. The molecule has 1 saturated heterocycles. The first kappa shape index (κ1) is 18.9. The molecule has 0 aliphatic carbocycles. The summed E-state index contributed by atoms with van der Waals surface area (Å²) in [5.41, 5.74) is 2.20. The van der Waals surface area contributed by atoms with E-state index in [9.17, 15) is 4.79 Å². The van der Waals surface area contributed by atoms with Crippen LogP contribution in [0.1, 0.15) is 25.8 Å². The molecule has 0 bridgehead atoms. The summed E-state index contributed by atoms with van der Waals surface area (Å²) >= 11 is 0. The minimum atomic E-state index is 0.0471. The predicted octanol–water partition coefficient (Wildman–Crippen LogP) is 1.79. The van der Waals surface area contributed by atoms with Crippen LogP contribution >= 0.6 is 0 Å². The van der Waals surface area contributed by atoms with E-state index >= 15 is 0 Å². The van der Waals surface area contributed by atoms with Gasteiger partial charge in [0.1, 0.15) is 0 Å². The lowest BCUT2D eigenvalue weighted by Crippen LogP contribution is -2.45. The average molecular weight is 368 g/mol. The maximum Gasteiger partial charge on any atom is 0.225 e. The van der Waals surface area contributed by atoms with Crippen molar-refractivity contribution in [2.75, 3.05) is 20.1 Å². The molecule has 27 heavy (non-hydrogen) atoms. The Labute approximate surface area is 160 Å². The first-order valence-corrected chi connectivity index (χ1v) is 9.41. The monoisotopic (exact) mass is 368 g/mol. The minimum absolute atomic E-state index is 0.0471. The summed E-state index contributed by atoms with van der Waals surface area (Å²) in [7, 11) is 1.77. The van der Waals surface area contributed by atoms with Gasteiger partial charge in [0.25, 0.3) is 0 Å². The quantitative estimate of drug-likeness (QED) is 0.623. The fourth-order valence-corrected chi connectivity index (χ4v) is 3.21. The van der Waals surface area contributed by atoms with Crippen LogP contribution in [0, 0.1) is 5.92 Å². The first-order valence-electron chi connectivity index (χ1n) is 9.41. The van der Waals surface area contributed by atoms with Crippen LogP contribution in [-0.2, 0) is 11.3 Å². The molecule has 7 nitrogen and oxygen atoms in total. The van der Waals surface area contributed by atoms with E-state index in [0.29, 0.717) is 6.54 Å². The van der Waals surface area contributed by atoms with Crippen molar-refractivity contribution in [2.45, 2.75) is 32.9 Å². The highest BCUT2D eigenvalue weighted by molar-refractivity contribution is 5.81. The molecule has 7 heteroatoms. The maximum absolute atomic E-state index is 12.1. The number of aromatic nitrogens is 2. The van der Waals surface area contributed by atoms with Gasteiger partial charge >= 0.3 is 0 Å². The second-order valence-corrected chi connectivity index (χ2v) is 7.11. The smallest absolute Gasteiger partial charge is 0.225 e. The fourth-order valence-electron chi connectivity index (χ4n) is 3.21. The number of rotatable bonds is 5. The van der Waals surface area contributed by atoms with Gasteiger partial charge in [0.15, 0.2) is 5.96 Å². The fraction of sp³-hybridized carbons (Fsp3) is 0.450. The van der Waals surface area contributed by atoms with E-state index in [1.54, 1.807) is 13.2 Å². The van der Waals surface area contributed by atoms with Crippen LogP contribution in [0.15, 0.2) is 47.7 Å². The summed E-state index contributed by atoms with van der Waals surface area (Å²) in [4.78, 5) is 18.4. The highest BCUT2D eigenvalue weighted by Crippen LogP contribution is 2.13. The van der Waals surface area contributed by atoms with Crippen LogP contribution in [0.5, 0.6) is 0 Å². The van der Waals surface area contributed by atoms with Gasteiger partial charge in [0.2, 0.25) is 5.91 Å². The van der Waals surface area contributed by atoms with Gasteiger partial charge in [-0.1, -0.05) is 26.0 Å². The topological polar surface area (TPSA) is 74.6 Å². The third kappa shape index (κ3) is 4.87. The molecule has 1 atom stereocenters. The molecule has 2 aromatic rings. The molecule has 1 fully saturated rings. The van der Waals surface area contributed by atoms with Gasteiger partial charge in [-0.3, -0.25) is 9.79 Å². The van der Waals surface area contributed by atoms with E-state index in [0.717, 1.165) is 36.7 Å². The standard InChI is InChI=1S/C20H28N6O/c1-15(2)19(27)25-12-9-17(14-25)24-20(21-3)22-13-16-5-7-18(8-6-16)26-11-4-10-23-26/h4-8,10-11,15,17H,9,12-14H2,1-3H3,(H2,21,22,24). The molecule has 0 spiro atoms. The third-order valence-corrected chi connectivity index (χ3v) is 4.72. The Bertz CT molecular complexity index is 766. The maximum atomic E-state index is 12.1. The molecule has 1 unspecified atom stereocenters. The van der Waals surface area contributed by atoms with Crippen molar-refractivity contribution in [3.8, 4) is 5.69 Å². The third-order valence-electron chi connectivity index (χ3n) is 4.72. The molecule has 1 aromatic carbocycles. The SMILES string of the molecule is CN=C(NCc1ccc(-n2cccn2)cc1)NC1CCN(C(=O)C(C)C)C1. The van der Waals surface area contributed by atoms with Crippen LogP contribution in [0.3, 0.4) is 0 Å². The predicted molar refractivity (Wildman–Crippen MR) is 107 cm³/mol. The average Bonchev–Trinajstić information content (AvgIpc) is 3.37. The number of hydrogen-bond acceptors (Lipinski definition) is 3. The van der Waals surface area contributed by atoms with E-state index in [2.05, 4.69) is 32.9 Å². The van der Waals surface area contributed by atoms with Crippen molar-refractivity contribution in [2.24, 2.45) is 10.9 Å². The van der Waals surface area contributed by atoms with Crippen molar-refractivity contribution < 1.29 is 4.79 Å². The number of amides is 1. The second-order valence-electron chi connectivity index (χ2n) is 7.11. The molecule has 144 valence electrons. The van der Waals surface area contributed by atoms with Crippen molar-refractivity contribution in [3.63, 3.8) is 0 Å². The van der Waals surface area contributed by atoms with Crippen molar-refractivity contribution >= 4 is 11.9 Å². The molecule has 3 rings (SSSR count). The molecular formula is C20H28N6O. The summed E-state index contributed by atoms with van der Waals surface area (Å²) in [6, 6.07) is 10.4. The molecule has 1 aromatic heterocycles. The van der Waals surface area contributed by atoms with E-state index in [-0.39, 0.29) is 17.9 Å². The molecule has 1 aliphatic heterocycles. The largest absolute Gasteiger partial charge is 0.352 e. The highest BCUT2D eigenvalue weighted by Gasteiger charge is 2.27. The van der Waals surface area contributed by atoms with Crippen LogP contribution in [-0.4, -0.2) is 52.7 Å². The summed E-state index contributed by atoms with van der Waals surface area (Å²) in [5.74, 6) is 1.03. The van der Waals surface area contributed by atoms with Gasteiger partial charge in [-0.05, 0) is 30.2 Å². The van der Waals surface area contributed by atoms with Crippen LogP contribution in [0.25, 0.3) is 5.69 Å². The van der Waals surface area contributed by atoms with Gasteiger partial charge in [-0.25, -0.2) is 4.68 Å². The molecule has 1 aliphatic rings. The number of carbonyl (C=O) groups is 1. The van der Waals surface area contributed by atoms with Crippen LogP contribution < -0.4 is 10.6 Å². The Kier molecular flexibility index (Phi) is 6.11. The van der Waals surface area contributed by atoms with Gasteiger partial charge in [0, 0.05) is 51.0 Å².